The van der Waals surface area contributed by atoms with E-state index < -0.39 is 0 Å². The zero-order valence-electron chi connectivity index (χ0n) is 15.0. The molecule has 3 heterocycles. The molecule has 1 aliphatic heterocycles. The quantitative estimate of drug-likeness (QED) is 0.659. The predicted molar refractivity (Wildman–Crippen MR) is 103 cm³/mol. The van der Waals surface area contributed by atoms with E-state index in [0.717, 1.165) is 61.2 Å². The normalized spacial score (nSPS) is 22.2. The van der Waals surface area contributed by atoms with Gasteiger partial charge in [-0.1, -0.05) is 0 Å². The first-order chi connectivity index (χ1) is 13.2. The Bertz CT molecular complexity index is 977. The lowest BCUT2D eigenvalue weighted by Crippen LogP contribution is -2.33. The maximum Gasteiger partial charge on any atom is 0.227 e. The number of anilines is 3. The molecule has 0 bridgehead atoms. The van der Waals surface area contributed by atoms with Crippen LogP contribution in [0.3, 0.4) is 0 Å². The number of halogens is 1. The van der Waals surface area contributed by atoms with Gasteiger partial charge in [0.25, 0.3) is 0 Å². The van der Waals surface area contributed by atoms with Gasteiger partial charge >= 0.3 is 0 Å². The van der Waals surface area contributed by atoms with Gasteiger partial charge in [0.2, 0.25) is 5.95 Å². The third-order valence-corrected chi connectivity index (χ3v) is 5.56. The molecule has 5 rings (SSSR count). The lowest BCUT2D eigenvalue weighted by molar-refractivity contribution is 0.410. The molecule has 7 nitrogen and oxygen atoms in total. The first kappa shape index (κ1) is 16.4. The van der Waals surface area contributed by atoms with E-state index in [4.69, 9.17) is 10.7 Å². The third-order valence-electron chi connectivity index (χ3n) is 5.56. The van der Waals surface area contributed by atoms with E-state index >= 15 is 0 Å². The number of benzene rings is 1. The zero-order valence-corrected chi connectivity index (χ0v) is 15.0. The summed E-state index contributed by atoms with van der Waals surface area (Å²) in [5.41, 5.74) is 9.41. The van der Waals surface area contributed by atoms with E-state index in [1.807, 2.05) is 6.07 Å². The number of H-pyrrole nitrogens is 1. The second kappa shape index (κ2) is 6.45. The van der Waals surface area contributed by atoms with E-state index in [1.54, 1.807) is 12.4 Å². The number of nitrogens with zero attached hydrogens (tertiary/aromatic N) is 4. The lowest BCUT2D eigenvalue weighted by atomic mass is 9.92. The van der Waals surface area contributed by atoms with E-state index in [2.05, 4.69) is 25.2 Å². The number of aromatic amines is 1. The molecular formula is C19H22FN7. The molecule has 4 N–H and O–H groups in total. The Labute approximate surface area is 156 Å². The van der Waals surface area contributed by atoms with E-state index in [1.165, 1.54) is 6.07 Å². The van der Waals surface area contributed by atoms with E-state index in [0.29, 0.717) is 23.7 Å². The molecule has 0 atom stereocenters. The molecule has 140 valence electrons. The van der Waals surface area contributed by atoms with Crippen molar-refractivity contribution in [3.05, 3.63) is 35.9 Å². The molecule has 3 aromatic rings. The van der Waals surface area contributed by atoms with Gasteiger partial charge in [-0.05, 0) is 55.9 Å². The van der Waals surface area contributed by atoms with Crippen molar-refractivity contribution in [2.24, 2.45) is 5.73 Å². The maximum absolute atomic E-state index is 13.6. The summed E-state index contributed by atoms with van der Waals surface area (Å²) >= 11 is 0. The topological polar surface area (TPSA) is 95.7 Å². The molecule has 2 aliphatic rings. The Kier molecular flexibility index (Phi) is 3.93. The molecule has 1 fully saturated rings. The van der Waals surface area contributed by atoms with Gasteiger partial charge in [-0.25, -0.2) is 9.37 Å². The number of hydrogen-bond donors (Lipinski definition) is 3. The standard InChI is InChI=1S/C19H22FN7/c20-12-1-6-15-11(9-12)7-8-27(15)18-16-17(23-10-22-16)25-19(26-18)24-14-4-2-13(21)3-5-14/h1,6,9-10,13-14H,2-5,7-8,21H2,(H2,22,23,24,25,26)/t13-,14-. The van der Waals surface area contributed by atoms with Crippen LogP contribution >= 0.6 is 0 Å². The van der Waals surface area contributed by atoms with Crippen LogP contribution in [0.15, 0.2) is 24.5 Å². The number of imidazole rings is 1. The summed E-state index contributed by atoms with van der Waals surface area (Å²) in [4.78, 5) is 19.0. The maximum atomic E-state index is 13.6. The highest BCUT2D eigenvalue weighted by Gasteiger charge is 2.26. The molecule has 27 heavy (non-hydrogen) atoms. The van der Waals surface area contributed by atoms with Crippen LogP contribution in [0.5, 0.6) is 0 Å². The Hall–Kier alpha value is -2.74. The largest absolute Gasteiger partial charge is 0.351 e. The molecule has 2 aromatic heterocycles. The van der Waals surface area contributed by atoms with Crippen LogP contribution in [0, 0.1) is 5.82 Å². The van der Waals surface area contributed by atoms with Gasteiger partial charge in [-0.2, -0.15) is 9.97 Å². The number of fused-ring (bicyclic) bond motifs is 2. The van der Waals surface area contributed by atoms with Crippen molar-refractivity contribution < 1.29 is 4.39 Å². The van der Waals surface area contributed by atoms with E-state index in [9.17, 15) is 4.39 Å². The number of nitrogens with two attached hydrogens (primary N) is 1. The summed E-state index contributed by atoms with van der Waals surface area (Å²) in [5.74, 6) is 1.14. The summed E-state index contributed by atoms with van der Waals surface area (Å²) in [5, 5.41) is 3.47. The van der Waals surface area contributed by atoms with Crippen LogP contribution in [-0.2, 0) is 6.42 Å². The highest BCUT2D eigenvalue weighted by Crippen LogP contribution is 2.37. The molecule has 0 saturated heterocycles. The van der Waals surface area contributed by atoms with Crippen molar-refractivity contribution in [1.29, 1.82) is 0 Å². The number of hydrogen-bond acceptors (Lipinski definition) is 6. The predicted octanol–water partition coefficient (Wildman–Crippen LogP) is 2.87. The molecule has 0 amide bonds. The van der Waals surface area contributed by atoms with Gasteiger partial charge in [0.15, 0.2) is 17.0 Å². The molecular weight excluding hydrogens is 345 g/mol. The molecule has 1 aromatic carbocycles. The lowest BCUT2D eigenvalue weighted by Gasteiger charge is -2.27. The van der Waals surface area contributed by atoms with Gasteiger partial charge in [-0.3, -0.25) is 0 Å². The highest BCUT2D eigenvalue weighted by atomic mass is 19.1. The van der Waals surface area contributed by atoms with Gasteiger partial charge < -0.3 is 20.9 Å². The molecule has 0 unspecified atom stereocenters. The minimum absolute atomic E-state index is 0.207. The molecule has 0 spiro atoms. The van der Waals surface area contributed by atoms with Gasteiger partial charge in [0, 0.05) is 24.3 Å². The fourth-order valence-electron chi connectivity index (χ4n) is 4.11. The highest BCUT2D eigenvalue weighted by molar-refractivity contribution is 5.88. The van der Waals surface area contributed by atoms with Crippen LogP contribution in [0.2, 0.25) is 0 Å². The summed E-state index contributed by atoms with van der Waals surface area (Å²) in [6, 6.07) is 5.54. The average Bonchev–Trinajstić information content (AvgIpc) is 3.29. The fourth-order valence-corrected chi connectivity index (χ4v) is 4.11. The van der Waals surface area contributed by atoms with Gasteiger partial charge in [0.05, 0.1) is 6.33 Å². The zero-order chi connectivity index (χ0) is 18.4. The summed E-state index contributed by atoms with van der Waals surface area (Å²) in [6.45, 7) is 0.746. The number of aromatic nitrogens is 4. The summed E-state index contributed by atoms with van der Waals surface area (Å²) < 4.78 is 13.6. The number of rotatable bonds is 3. The van der Waals surface area contributed by atoms with Crippen LogP contribution in [-0.4, -0.2) is 38.6 Å². The smallest absolute Gasteiger partial charge is 0.227 e. The Morgan fingerprint density at radius 3 is 2.89 bits per heavy atom. The van der Waals surface area contributed by atoms with Crippen molar-refractivity contribution in [1.82, 2.24) is 19.9 Å². The van der Waals surface area contributed by atoms with Gasteiger partial charge in [-0.15, -0.1) is 0 Å². The Balaban J connectivity index is 1.50. The molecule has 1 saturated carbocycles. The summed E-state index contributed by atoms with van der Waals surface area (Å²) in [6.07, 6.45) is 6.49. The monoisotopic (exact) mass is 367 g/mol. The van der Waals surface area contributed by atoms with Crippen LogP contribution < -0.4 is 16.0 Å². The third kappa shape index (κ3) is 2.99. The second-order valence-electron chi connectivity index (χ2n) is 7.40. The molecule has 1 aliphatic carbocycles. The van der Waals surface area contributed by atoms with Crippen molar-refractivity contribution in [3.63, 3.8) is 0 Å². The van der Waals surface area contributed by atoms with Crippen molar-refractivity contribution >= 4 is 28.6 Å². The van der Waals surface area contributed by atoms with Crippen LogP contribution in [0.4, 0.5) is 21.8 Å². The first-order valence-corrected chi connectivity index (χ1v) is 9.46. The van der Waals surface area contributed by atoms with Gasteiger partial charge in [0.1, 0.15) is 5.82 Å². The number of nitrogens with one attached hydrogen (secondary N) is 2. The average molecular weight is 367 g/mol. The second-order valence-corrected chi connectivity index (χ2v) is 7.40. The minimum atomic E-state index is -0.207. The Morgan fingerprint density at radius 2 is 2.04 bits per heavy atom. The SMILES string of the molecule is N[C@H]1CC[C@H](Nc2nc(N3CCc4cc(F)ccc43)c3nc[nH]c3n2)CC1. The van der Waals surface area contributed by atoms with E-state index in [-0.39, 0.29) is 5.82 Å². The minimum Gasteiger partial charge on any atom is -0.351 e. The van der Waals surface area contributed by atoms with Crippen LogP contribution in [0.1, 0.15) is 31.2 Å². The van der Waals surface area contributed by atoms with Crippen molar-refractivity contribution in [3.8, 4) is 0 Å². The first-order valence-electron chi connectivity index (χ1n) is 9.46. The fraction of sp³-hybridized carbons (Fsp3) is 0.421. The summed E-state index contributed by atoms with van der Waals surface area (Å²) in [7, 11) is 0. The Morgan fingerprint density at radius 1 is 1.19 bits per heavy atom. The van der Waals surface area contributed by atoms with Crippen molar-refractivity contribution in [2.45, 2.75) is 44.2 Å². The molecule has 8 heteroatoms. The van der Waals surface area contributed by atoms with Crippen LogP contribution in [0.25, 0.3) is 11.2 Å². The molecule has 0 radical (unpaired) electrons. The van der Waals surface area contributed by atoms with Crippen molar-refractivity contribution in [2.75, 3.05) is 16.8 Å².